The summed E-state index contributed by atoms with van der Waals surface area (Å²) in [5.41, 5.74) is 2.35. The number of furan rings is 1. The molecule has 0 amide bonds. The molecule has 176 valence electrons. The van der Waals surface area contributed by atoms with Crippen LogP contribution in [0.4, 0.5) is 0 Å². The summed E-state index contributed by atoms with van der Waals surface area (Å²) in [6, 6.07) is 12.7. The Balaban J connectivity index is 1.48. The van der Waals surface area contributed by atoms with E-state index in [0.29, 0.717) is 26.4 Å². The zero-order chi connectivity index (χ0) is 22.4. The Morgan fingerprint density at radius 3 is 2.62 bits per heavy atom. The highest BCUT2D eigenvalue weighted by Crippen LogP contribution is 2.24. The molecule has 1 fully saturated rings. The highest BCUT2D eigenvalue weighted by atomic mass is 16.5. The topological polar surface area (TPSA) is 71.3 Å². The lowest BCUT2D eigenvalue weighted by Crippen LogP contribution is -2.44. The van der Waals surface area contributed by atoms with Gasteiger partial charge in [0.05, 0.1) is 32.1 Å². The van der Waals surface area contributed by atoms with Gasteiger partial charge in [-0.2, -0.15) is 0 Å². The first-order chi connectivity index (χ1) is 15.8. The summed E-state index contributed by atoms with van der Waals surface area (Å²) in [4.78, 5) is 6.92. The van der Waals surface area contributed by atoms with Gasteiger partial charge in [0.1, 0.15) is 5.76 Å². The molecule has 7 heteroatoms. The zero-order valence-corrected chi connectivity index (χ0v) is 19.5. The fourth-order valence-electron chi connectivity index (χ4n) is 4.00. The molecule has 2 aromatic rings. The van der Waals surface area contributed by atoms with Gasteiger partial charge in [-0.3, -0.25) is 9.89 Å². The number of likely N-dealkylation sites (tertiary alicyclic amines) is 1. The highest BCUT2D eigenvalue weighted by molar-refractivity contribution is 5.79. The lowest BCUT2D eigenvalue weighted by Gasteiger charge is -2.33. The van der Waals surface area contributed by atoms with E-state index in [4.69, 9.17) is 13.9 Å². The molecule has 32 heavy (non-hydrogen) atoms. The van der Waals surface area contributed by atoms with Crippen molar-refractivity contribution in [3.05, 3.63) is 59.5 Å². The van der Waals surface area contributed by atoms with E-state index in [9.17, 15) is 0 Å². The number of hydrogen-bond acceptors (Lipinski definition) is 5. The van der Waals surface area contributed by atoms with Crippen molar-refractivity contribution in [3.63, 3.8) is 0 Å². The normalized spacial score (nSPS) is 16.1. The monoisotopic (exact) mass is 442 g/mol. The van der Waals surface area contributed by atoms with Crippen LogP contribution >= 0.6 is 0 Å². The summed E-state index contributed by atoms with van der Waals surface area (Å²) >= 11 is 0. The quantitative estimate of drug-likeness (QED) is 0.297. The fraction of sp³-hybridized carbons (Fsp3) is 0.560. The van der Waals surface area contributed by atoms with Crippen molar-refractivity contribution in [2.24, 2.45) is 4.99 Å². The van der Waals surface area contributed by atoms with E-state index in [1.165, 1.54) is 24.8 Å². The van der Waals surface area contributed by atoms with Gasteiger partial charge in [-0.25, -0.2) is 0 Å². The van der Waals surface area contributed by atoms with E-state index >= 15 is 0 Å². The molecular formula is C25H38N4O3. The largest absolute Gasteiger partial charge is 0.468 e. The molecule has 0 bridgehead atoms. The van der Waals surface area contributed by atoms with E-state index in [1.807, 2.05) is 13.0 Å². The SMILES string of the molecule is CCOCCOCc1cccc(CNC(=NC)NCC(c2ccco2)N2CCCCC2)c1. The molecule has 2 heterocycles. The molecule has 1 aromatic carbocycles. The number of nitrogens with zero attached hydrogens (tertiary/aromatic N) is 2. The van der Waals surface area contributed by atoms with Gasteiger partial charge in [-0.15, -0.1) is 0 Å². The minimum atomic E-state index is 0.209. The van der Waals surface area contributed by atoms with Crippen molar-refractivity contribution < 1.29 is 13.9 Å². The van der Waals surface area contributed by atoms with Crippen LogP contribution in [0.3, 0.4) is 0 Å². The molecule has 0 saturated carbocycles. The second kappa shape index (κ2) is 13.9. The van der Waals surface area contributed by atoms with Crippen molar-refractivity contribution >= 4 is 5.96 Å². The van der Waals surface area contributed by atoms with Crippen LogP contribution in [0, 0.1) is 0 Å². The Kier molecular flexibility index (Phi) is 10.6. The van der Waals surface area contributed by atoms with Gasteiger partial charge in [0.25, 0.3) is 0 Å². The summed E-state index contributed by atoms with van der Waals surface area (Å²) in [5, 5.41) is 6.92. The van der Waals surface area contributed by atoms with E-state index in [-0.39, 0.29) is 6.04 Å². The van der Waals surface area contributed by atoms with Gasteiger partial charge in [0.2, 0.25) is 0 Å². The first-order valence-corrected chi connectivity index (χ1v) is 11.8. The number of hydrogen-bond donors (Lipinski definition) is 2. The molecule has 1 unspecified atom stereocenters. The summed E-state index contributed by atoms with van der Waals surface area (Å²) in [7, 11) is 1.81. The predicted molar refractivity (Wildman–Crippen MR) is 128 cm³/mol. The maximum Gasteiger partial charge on any atom is 0.191 e. The Morgan fingerprint density at radius 2 is 1.88 bits per heavy atom. The van der Waals surface area contributed by atoms with Gasteiger partial charge in [-0.1, -0.05) is 30.7 Å². The zero-order valence-electron chi connectivity index (χ0n) is 19.5. The Morgan fingerprint density at radius 1 is 1.06 bits per heavy atom. The Hall–Kier alpha value is -2.35. The molecule has 0 radical (unpaired) electrons. The molecule has 1 atom stereocenters. The smallest absolute Gasteiger partial charge is 0.191 e. The summed E-state index contributed by atoms with van der Waals surface area (Å²) in [6.07, 6.45) is 5.56. The molecule has 1 aliphatic heterocycles. The molecule has 1 saturated heterocycles. The lowest BCUT2D eigenvalue weighted by atomic mass is 10.1. The third-order valence-electron chi connectivity index (χ3n) is 5.69. The summed E-state index contributed by atoms with van der Waals surface area (Å²) in [6.45, 7) is 8.22. The maximum absolute atomic E-state index is 5.75. The van der Waals surface area contributed by atoms with E-state index in [2.05, 4.69) is 50.9 Å². The molecule has 7 nitrogen and oxygen atoms in total. The third-order valence-corrected chi connectivity index (χ3v) is 5.69. The van der Waals surface area contributed by atoms with Crippen LogP contribution in [0.5, 0.6) is 0 Å². The second-order valence-electron chi connectivity index (χ2n) is 8.00. The molecular weight excluding hydrogens is 404 g/mol. The Bertz CT molecular complexity index is 788. The maximum atomic E-state index is 5.75. The van der Waals surface area contributed by atoms with Crippen LogP contribution in [0.2, 0.25) is 0 Å². The van der Waals surface area contributed by atoms with Crippen molar-refractivity contribution in [3.8, 4) is 0 Å². The second-order valence-corrected chi connectivity index (χ2v) is 8.00. The standard InChI is InChI=1S/C25H38N4O3/c1-3-30-15-16-31-20-22-10-7-9-21(17-22)18-27-25(26-2)28-19-23(24-11-8-14-32-24)29-12-5-4-6-13-29/h7-11,14,17,23H,3-6,12-13,15-16,18-20H2,1-2H3,(H2,26,27,28). The van der Waals surface area contributed by atoms with Gasteiger partial charge < -0.3 is 24.5 Å². The van der Waals surface area contributed by atoms with Gasteiger partial charge in [-0.05, 0) is 56.1 Å². The molecule has 3 rings (SSSR count). The van der Waals surface area contributed by atoms with Gasteiger partial charge in [0, 0.05) is 26.7 Å². The number of guanidine groups is 1. The predicted octanol–water partition coefficient (Wildman–Crippen LogP) is 3.72. The van der Waals surface area contributed by atoms with E-state index < -0.39 is 0 Å². The van der Waals surface area contributed by atoms with Crippen molar-refractivity contribution in [2.45, 2.75) is 45.4 Å². The van der Waals surface area contributed by atoms with Crippen LogP contribution < -0.4 is 10.6 Å². The summed E-state index contributed by atoms with van der Waals surface area (Å²) < 4.78 is 16.7. The third kappa shape index (κ3) is 7.97. The molecule has 1 aliphatic rings. The lowest BCUT2D eigenvalue weighted by molar-refractivity contribution is 0.0453. The molecule has 1 aromatic heterocycles. The molecule has 0 spiro atoms. The van der Waals surface area contributed by atoms with Gasteiger partial charge in [0.15, 0.2) is 5.96 Å². The molecule has 2 N–H and O–H groups in total. The first-order valence-electron chi connectivity index (χ1n) is 11.8. The van der Waals surface area contributed by atoms with Crippen LogP contribution in [0.25, 0.3) is 0 Å². The summed E-state index contributed by atoms with van der Waals surface area (Å²) in [5.74, 6) is 1.80. The Labute approximate surface area is 192 Å². The minimum absolute atomic E-state index is 0.209. The number of rotatable bonds is 12. The number of benzene rings is 1. The van der Waals surface area contributed by atoms with Crippen LogP contribution in [0.1, 0.15) is 49.1 Å². The number of piperidine rings is 1. The van der Waals surface area contributed by atoms with Crippen molar-refractivity contribution in [1.29, 1.82) is 0 Å². The fourth-order valence-corrected chi connectivity index (χ4v) is 4.00. The average molecular weight is 443 g/mol. The highest BCUT2D eigenvalue weighted by Gasteiger charge is 2.24. The van der Waals surface area contributed by atoms with E-state index in [1.54, 1.807) is 13.3 Å². The van der Waals surface area contributed by atoms with Crippen molar-refractivity contribution in [2.75, 3.05) is 46.5 Å². The number of ether oxygens (including phenoxy) is 2. The van der Waals surface area contributed by atoms with Crippen LogP contribution in [-0.2, 0) is 22.6 Å². The minimum Gasteiger partial charge on any atom is -0.468 e. The number of aliphatic imine (C=N–C) groups is 1. The van der Waals surface area contributed by atoms with Gasteiger partial charge >= 0.3 is 0 Å². The van der Waals surface area contributed by atoms with Crippen molar-refractivity contribution in [1.82, 2.24) is 15.5 Å². The van der Waals surface area contributed by atoms with E-state index in [0.717, 1.165) is 43.5 Å². The molecule has 0 aliphatic carbocycles. The average Bonchev–Trinajstić information content (AvgIpc) is 3.37. The first kappa shape index (κ1) is 24.3. The van der Waals surface area contributed by atoms with Crippen LogP contribution in [0.15, 0.2) is 52.1 Å². The number of nitrogens with one attached hydrogen (secondary N) is 2. The van der Waals surface area contributed by atoms with Crippen LogP contribution in [-0.4, -0.2) is 57.4 Å².